The summed E-state index contributed by atoms with van der Waals surface area (Å²) in [5, 5.41) is 2.88. The molecule has 2 rings (SSSR count). The van der Waals surface area contributed by atoms with Crippen LogP contribution >= 0.6 is 0 Å². The molecule has 7 nitrogen and oxygen atoms in total. The maximum absolute atomic E-state index is 12.8. The molecule has 0 aliphatic carbocycles. The van der Waals surface area contributed by atoms with E-state index in [2.05, 4.69) is 5.32 Å². The summed E-state index contributed by atoms with van der Waals surface area (Å²) in [6.45, 7) is 4.89. The molecule has 0 heterocycles. The number of carbonyl (C=O) groups excluding carboxylic acids is 1. The van der Waals surface area contributed by atoms with Crippen LogP contribution < -0.4 is 14.2 Å². The second-order valence-electron chi connectivity index (χ2n) is 6.87. The Morgan fingerprint density at radius 3 is 2.43 bits per heavy atom. The Bertz CT molecular complexity index is 912. The van der Waals surface area contributed by atoms with Crippen LogP contribution in [-0.2, 0) is 16.7 Å². The number of hydrogen-bond acceptors (Lipinski definition) is 5. The summed E-state index contributed by atoms with van der Waals surface area (Å²) in [5.41, 5.74) is 1.40. The van der Waals surface area contributed by atoms with Crippen LogP contribution in [-0.4, -0.2) is 39.3 Å². The molecule has 0 unspecified atom stereocenters. The molecule has 0 fully saturated rings. The van der Waals surface area contributed by atoms with Gasteiger partial charge in [-0.25, -0.2) is 4.79 Å². The molecule has 0 spiro atoms. The van der Waals surface area contributed by atoms with Crippen LogP contribution in [0.4, 0.5) is 10.5 Å². The van der Waals surface area contributed by atoms with Crippen molar-refractivity contribution in [2.45, 2.75) is 20.4 Å². The van der Waals surface area contributed by atoms with E-state index in [9.17, 15) is 13.2 Å². The van der Waals surface area contributed by atoms with E-state index >= 15 is 0 Å². The number of rotatable bonds is 8. The quantitative estimate of drug-likeness (QED) is 0.675. The van der Waals surface area contributed by atoms with Crippen molar-refractivity contribution < 1.29 is 22.1 Å². The molecule has 0 aliphatic rings. The van der Waals surface area contributed by atoms with E-state index in [4.69, 9.17) is 8.92 Å². The van der Waals surface area contributed by atoms with E-state index in [1.807, 2.05) is 19.9 Å². The number of urea groups is 1. The normalized spacial score (nSPS) is 11.2. The molecule has 0 radical (unpaired) electrons. The second kappa shape index (κ2) is 9.45. The van der Waals surface area contributed by atoms with Crippen molar-refractivity contribution in [3.63, 3.8) is 0 Å². The van der Waals surface area contributed by atoms with E-state index < -0.39 is 10.1 Å². The summed E-state index contributed by atoms with van der Waals surface area (Å²) in [6.07, 6.45) is 0.992. The number of hydrogen-bond donors (Lipinski definition) is 1. The number of ether oxygens (including phenoxy) is 1. The molecule has 0 bridgehead atoms. The maximum Gasteiger partial charge on any atom is 0.322 e. The predicted molar refractivity (Wildman–Crippen MR) is 109 cm³/mol. The van der Waals surface area contributed by atoms with Gasteiger partial charge in [0.05, 0.1) is 13.4 Å². The number of anilines is 1. The number of nitrogens with zero attached hydrogens (tertiary/aromatic N) is 1. The van der Waals surface area contributed by atoms with Crippen molar-refractivity contribution in [3.8, 4) is 11.5 Å². The summed E-state index contributed by atoms with van der Waals surface area (Å²) in [7, 11) is -2.04. The highest BCUT2D eigenvalue weighted by Gasteiger charge is 2.17. The SMILES string of the molecule is COc1cccc(NC(=O)N(Cc2cccc(OS(C)(=O)=O)c2)CC(C)C)c1. The maximum atomic E-state index is 12.8. The molecule has 152 valence electrons. The van der Waals surface area contributed by atoms with Gasteiger partial charge in [0.15, 0.2) is 0 Å². The molecular weight excluding hydrogens is 380 g/mol. The zero-order valence-corrected chi connectivity index (χ0v) is 17.3. The van der Waals surface area contributed by atoms with Gasteiger partial charge in [0.2, 0.25) is 0 Å². The van der Waals surface area contributed by atoms with Crippen LogP contribution in [0.3, 0.4) is 0 Å². The number of carbonyl (C=O) groups is 1. The number of benzene rings is 2. The van der Waals surface area contributed by atoms with E-state index in [1.165, 1.54) is 0 Å². The lowest BCUT2D eigenvalue weighted by atomic mass is 10.1. The van der Waals surface area contributed by atoms with E-state index in [0.717, 1.165) is 11.8 Å². The van der Waals surface area contributed by atoms with Crippen molar-refractivity contribution in [2.24, 2.45) is 5.92 Å². The molecule has 0 aliphatic heterocycles. The lowest BCUT2D eigenvalue weighted by Gasteiger charge is -2.25. The fourth-order valence-electron chi connectivity index (χ4n) is 2.65. The molecule has 0 atom stereocenters. The Hall–Kier alpha value is -2.74. The molecule has 2 aromatic rings. The van der Waals surface area contributed by atoms with Gasteiger partial charge < -0.3 is 19.1 Å². The Labute approximate surface area is 166 Å². The minimum absolute atomic E-state index is 0.220. The molecule has 0 aromatic heterocycles. The van der Waals surface area contributed by atoms with Gasteiger partial charge in [-0.15, -0.1) is 0 Å². The Morgan fingerprint density at radius 1 is 1.11 bits per heavy atom. The fraction of sp³-hybridized carbons (Fsp3) is 0.350. The van der Waals surface area contributed by atoms with Crippen LogP contribution in [0, 0.1) is 5.92 Å². The molecule has 0 saturated heterocycles. The molecule has 28 heavy (non-hydrogen) atoms. The third kappa shape index (κ3) is 7.11. The molecule has 2 aromatic carbocycles. The summed E-state index contributed by atoms with van der Waals surface area (Å²) in [6, 6.07) is 13.6. The van der Waals surface area contributed by atoms with Gasteiger partial charge in [0.25, 0.3) is 0 Å². The van der Waals surface area contributed by atoms with Crippen molar-refractivity contribution >= 4 is 21.8 Å². The summed E-state index contributed by atoms with van der Waals surface area (Å²) >= 11 is 0. The van der Waals surface area contributed by atoms with E-state index in [0.29, 0.717) is 24.5 Å². The molecule has 2 amide bonds. The van der Waals surface area contributed by atoms with Crippen molar-refractivity contribution in [3.05, 3.63) is 54.1 Å². The zero-order valence-electron chi connectivity index (χ0n) is 16.5. The molecule has 8 heteroatoms. The third-order valence-corrected chi connectivity index (χ3v) is 4.21. The first-order valence-corrected chi connectivity index (χ1v) is 10.7. The van der Waals surface area contributed by atoms with Crippen molar-refractivity contribution in [2.75, 3.05) is 25.2 Å². The van der Waals surface area contributed by atoms with Crippen LogP contribution in [0.1, 0.15) is 19.4 Å². The lowest BCUT2D eigenvalue weighted by Crippen LogP contribution is -2.37. The molecular formula is C20H26N2O5S. The highest BCUT2D eigenvalue weighted by Crippen LogP contribution is 2.20. The average Bonchev–Trinajstić information content (AvgIpc) is 2.59. The van der Waals surface area contributed by atoms with Crippen LogP contribution in [0.2, 0.25) is 0 Å². The highest BCUT2D eigenvalue weighted by molar-refractivity contribution is 7.86. The number of methoxy groups -OCH3 is 1. The van der Waals surface area contributed by atoms with E-state index in [-0.39, 0.29) is 17.7 Å². The molecule has 1 N–H and O–H groups in total. The lowest BCUT2D eigenvalue weighted by molar-refractivity contribution is 0.201. The van der Waals surface area contributed by atoms with Crippen molar-refractivity contribution in [1.29, 1.82) is 0 Å². The zero-order chi connectivity index (χ0) is 20.7. The summed E-state index contributed by atoms with van der Waals surface area (Å²) in [5.74, 6) is 1.13. The Kier molecular flexibility index (Phi) is 7.28. The van der Waals surface area contributed by atoms with Gasteiger partial charge in [-0.05, 0) is 35.7 Å². The minimum atomic E-state index is -3.61. The number of amides is 2. The molecule has 0 saturated carbocycles. The Morgan fingerprint density at radius 2 is 1.79 bits per heavy atom. The second-order valence-corrected chi connectivity index (χ2v) is 8.45. The smallest absolute Gasteiger partial charge is 0.322 e. The topological polar surface area (TPSA) is 84.9 Å². The monoisotopic (exact) mass is 406 g/mol. The van der Waals surface area contributed by atoms with Gasteiger partial charge in [0, 0.05) is 24.8 Å². The predicted octanol–water partition coefficient (Wildman–Crippen LogP) is 3.72. The first-order chi connectivity index (χ1) is 13.2. The van der Waals surface area contributed by atoms with Gasteiger partial charge >= 0.3 is 16.1 Å². The largest absolute Gasteiger partial charge is 0.497 e. The minimum Gasteiger partial charge on any atom is -0.497 e. The average molecular weight is 407 g/mol. The summed E-state index contributed by atoms with van der Waals surface area (Å²) in [4.78, 5) is 14.5. The van der Waals surface area contributed by atoms with Crippen molar-refractivity contribution in [1.82, 2.24) is 4.90 Å². The summed E-state index contributed by atoms with van der Waals surface area (Å²) < 4.78 is 32.8. The van der Waals surface area contributed by atoms with Crippen LogP contribution in [0.5, 0.6) is 11.5 Å². The van der Waals surface area contributed by atoms with E-state index in [1.54, 1.807) is 54.5 Å². The van der Waals surface area contributed by atoms with Crippen LogP contribution in [0.15, 0.2) is 48.5 Å². The fourth-order valence-corrected chi connectivity index (χ4v) is 3.11. The van der Waals surface area contributed by atoms with Crippen LogP contribution in [0.25, 0.3) is 0 Å². The highest BCUT2D eigenvalue weighted by atomic mass is 32.2. The first kappa shape index (κ1) is 21.6. The van der Waals surface area contributed by atoms with Gasteiger partial charge in [-0.3, -0.25) is 0 Å². The first-order valence-electron chi connectivity index (χ1n) is 8.84. The third-order valence-electron chi connectivity index (χ3n) is 3.71. The Balaban J connectivity index is 2.16. The van der Waals surface area contributed by atoms with Gasteiger partial charge in [0.1, 0.15) is 11.5 Å². The van der Waals surface area contributed by atoms with Gasteiger partial charge in [-0.1, -0.05) is 32.0 Å². The standard InChI is InChI=1S/C20H26N2O5S/c1-15(2)13-22(20(23)21-17-8-6-9-18(12-17)26-3)14-16-7-5-10-19(11-16)27-28(4,24)25/h5-12,15H,13-14H2,1-4H3,(H,21,23). The number of nitrogens with one attached hydrogen (secondary N) is 1. The van der Waals surface area contributed by atoms with Gasteiger partial charge in [-0.2, -0.15) is 8.42 Å².